The van der Waals surface area contributed by atoms with Crippen molar-refractivity contribution < 1.29 is 0 Å². The second-order valence-corrected chi connectivity index (χ2v) is 4.84. The molecule has 3 heteroatoms. The predicted octanol–water partition coefficient (Wildman–Crippen LogP) is 2.69. The Bertz CT molecular complexity index is 281. The smallest absolute Gasteiger partial charge is 0.0543 e. The number of halogens is 1. The molecule has 1 fully saturated rings. The summed E-state index contributed by atoms with van der Waals surface area (Å²) in [6.45, 7) is 3.44. The molecule has 1 aliphatic heterocycles. The lowest BCUT2D eigenvalue weighted by Gasteiger charge is -2.30. The van der Waals surface area contributed by atoms with Crippen LogP contribution >= 0.6 is 15.9 Å². The fraction of sp³-hybridized carbons (Fsp3) is 0.583. The summed E-state index contributed by atoms with van der Waals surface area (Å²) >= 11 is 3.57. The molecule has 0 spiro atoms. The Hall–Kier alpha value is -0.410. The molecule has 1 aromatic rings. The average molecular weight is 269 g/mol. The second-order valence-electron chi connectivity index (χ2n) is 4.19. The Kier molecular flexibility index (Phi) is 4.15. The average Bonchev–Trinajstić information content (AvgIpc) is 2.31. The van der Waals surface area contributed by atoms with Crippen LogP contribution in [0.25, 0.3) is 0 Å². The molecule has 0 unspecified atom stereocenters. The Morgan fingerprint density at radius 2 is 2.13 bits per heavy atom. The summed E-state index contributed by atoms with van der Waals surface area (Å²) < 4.78 is 0. The van der Waals surface area contributed by atoms with Crippen molar-refractivity contribution in [3.8, 4) is 0 Å². The van der Waals surface area contributed by atoms with Crippen LogP contribution in [-0.4, -0.2) is 28.3 Å². The number of nitrogens with zero attached hydrogens (tertiary/aromatic N) is 2. The summed E-state index contributed by atoms with van der Waals surface area (Å²) in [5.41, 5.74) is 1.19. The number of likely N-dealkylation sites (tertiary alicyclic amines) is 1. The zero-order chi connectivity index (χ0) is 10.5. The van der Waals surface area contributed by atoms with Gasteiger partial charge in [0.2, 0.25) is 0 Å². The molecule has 0 aliphatic carbocycles. The van der Waals surface area contributed by atoms with Gasteiger partial charge in [0.1, 0.15) is 0 Å². The topological polar surface area (TPSA) is 16.1 Å². The largest absolute Gasteiger partial charge is 0.297 e. The van der Waals surface area contributed by atoms with Gasteiger partial charge < -0.3 is 0 Å². The lowest BCUT2D eigenvalue weighted by molar-refractivity contribution is 0.186. The van der Waals surface area contributed by atoms with Crippen molar-refractivity contribution in [1.82, 2.24) is 9.88 Å². The van der Waals surface area contributed by atoms with Gasteiger partial charge >= 0.3 is 0 Å². The Morgan fingerprint density at radius 3 is 2.73 bits per heavy atom. The Morgan fingerprint density at radius 1 is 1.33 bits per heavy atom. The van der Waals surface area contributed by atoms with Crippen molar-refractivity contribution in [3.05, 3.63) is 30.1 Å². The van der Waals surface area contributed by atoms with Crippen LogP contribution in [0.3, 0.4) is 0 Å². The van der Waals surface area contributed by atoms with Gasteiger partial charge in [-0.05, 0) is 44.0 Å². The third-order valence-electron chi connectivity index (χ3n) is 3.04. The minimum atomic E-state index is 0.880. The quantitative estimate of drug-likeness (QED) is 0.784. The Balaban J connectivity index is 1.82. The standard InChI is InChI=1S/C12H17BrN2/c13-9-11-4-7-15(8-5-11)10-12-3-1-2-6-14-12/h1-3,6,11H,4-5,7-10H2. The van der Waals surface area contributed by atoms with Crippen molar-refractivity contribution in [2.45, 2.75) is 19.4 Å². The molecule has 15 heavy (non-hydrogen) atoms. The molecule has 1 saturated heterocycles. The fourth-order valence-electron chi connectivity index (χ4n) is 2.02. The summed E-state index contributed by atoms with van der Waals surface area (Å²) in [7, 11) is 0. The molecule has 1 aromatic heterocycles. The van der Waals surface area contributed by atoms with Gasteiger partial charge in [-0.25, -0.2) is 0 Å². The molecule has 1 aliphatic rings. The molecule has 0 N–H and O–H groups in total. The summed E-state index contributed by atoms with van der Waals surface area (Å²) in [4.78, 5) is 6.86. The summed E-state index contributed by atoms with van der Waals surface area (Å²) in [6.07, 6.45) is 4.51. The molecule has 0 amide bonds. The Labute approximate surface area is 99.8 Å². The molecule has 2 nitrogen and oxygen atoms in total. The normalized spacial score (nSPS) is 19.3. The predicted molar refractivity (Wildman–Crippen MR) is 66.0 cm³/mol. The lowest BCUT2D eigenvalue weighted by atomic mass is 9.99. The van der Waals surface area contributed by atoms with Crippen LogP contribution < -0.4 is 0 Å². The van der Waals surface area contributed by atoms with E-state index in [1.165, 1.54) is 31.6 Å². The van der Waals surface area contributed by atoms with Crippen LogP contribution in [0.4, 0.5) is 0 Å². The van der Waals surface area contributed by atoms with E-state index in [1.54, 1.807) is 0 Å². The van der Waals surface area contributed by atoms with E-state index < -0.39 is 0 Å². The first-order valence-electron chi connectivity index (χ1n) is 5.56. The van der Waals surface area contributed by atoms with Gasteiger partial charge in [-0.1, -0.05) is 22.0 Å². The van der Waals surface area contributed by atoms with Gasteiger partial charge in [0, 0.05) is 18.1 Å². The van der Waals surface area contributed by atoms with Crippen molar-refractivity contribution in [2.24, 2.45) is 5.92 Å². The van der Waals surface area contributed by atoms with E-state index in [4.69, 9.17) is 0 Å². The first-order chi connectivity index (χ1) is 7.38. The van der Waals surface area contributed by atoms with Gasteiger partial charge in [0.25, 0.3) is 0 Å². The monoisotopic (exact) mass is 268 g/mol. The highest BCUT2D eigenvalue weighted by Gasteiger charge is 2.18. The number of pyridine rings is 1. The van der Waals surface area contributed by atoms with Crippen molar-refractivity contribution in [3.63, 3.8) is 0 Å². The van der Waals surface area contributed by atoms with E-state index in [0.29, 0.717) is 0 Å². The lowest BCUT2D eigenvalue weighted by Crippen LogP contribution is -2.33. The second kappa shape index (κ2) is 5.61. The SMILES string of the molecule is BrCC1CCN(Cc2ccccn2)CC1. The molecule has 2 heterocycles. The zero-order valence-electron chi connectivity index (χ0n) is 8.90. The van der Waals surface area contributed by atoms with Crippen LogP contribution in [0, 0.1) is 5.92 Å². The summed E-state index contributed by atoms with van der Waals surface area (Å²) in [6, 6.07) is 6.14. The minimum Gasteiger partial charge on any atom is -0.297 e. The molecular weight excluding hydrogens is 252 g/mol. The number of hydrogen-bond acceptors (Lipinski definition) is 2. The molecule has 0 aromatic carbocycles. The van der Waals surface area contributed by atoms with E-state index >= 15 is 0 Å². The van der Waals surface area contributed by atoms with Crippen molar-refractivity contribution in [2.75, 3.05) is 18.4 Å². The maximum Gasteiger partial charge on any atom is 0.0543 e. The number of alkyl halides is 1. The first-order valence-corrected chi connectivity index (χ1v) is 6.69. The molecule has 0 saturated carbocycles. The molecule has 0 atom stereocenters. The van der Waals surface area contributed by atoms with Crippen LogP contribution in [0.1, 0.15) is 18.5 Å². The van der Waals surface area contributed by atoms with Crippen molar-refractivity contribution in [1.29, 1.82) is 0 Å². The summed E-state index contributed by atoms with van der Waals surface area (Å²) in [5, 5.41) is 1.16. The van der Waals surface area contributed by atoms with Crippen LogP contribution in [0.5, 0.6) is 0 Å². The molecule has 2 rings (SSSR count). The number of hydrogen-bond donors (Lipinski definition) is 0. The van der Waals surface area contributed by atoms with E-state index in [-0.39, 0.29) is 0 Å². The van der Waals surface area contributed by atoms with Gasteiger partial charge in [-0.3, -0.25) is 9.88 Å². The number of piperidine rings is 1. The zero-order valence-corrected chi connectivity index (χ0v) is 10.5. The minimum absolute atomic E-state index is 0.880. The van der Waals surface area contributed by atoms with Gasteiger partial charge in [-0.15, -0.1) is 0 Å². The van der Waals surface area contributed by atoms with Gasteiger partial charge in [0.15, 0.2) is 0 Å². The highest BCUT2D eigenvalue weighted by atomic mass is 79.9. The maximum atomic E-state index is 4.36. The van der Waals surface area contributed by atoms with E-state index in [9.17, 15) is 0 Å². The molecule has 82 valence electrons. The highest BCUT2D eigenvalue weighted by Crippen LogP contribution is 2.19. The highest BCUT2D eigenvalue weighted by molar-refractivity contribution is 9.09. The van der Waals surface area contributed by atoms with Crippen molar-refractivity contribution >= 4 is 15.9 Å². The summed E-state index contributed by atoms with van der Waals surface area (Å²) in [5.74, 6) is 0.880. The van der Waals surface area contributed by atoms with Gasteiger partial charge in [0.05, 0.1) is 5.69 Å². The number of rotatable bonds is 3. The molecular formula is C12H17BrN2. The van der Waals surface area contributed by atoms with Crippen LogP contribution in [0.2, 0.25) is 0 Å². The molecule has 0 bridgehead atoms. The molecule has 0 radical (unpaired) electrons. The fourth-order valence-corrected chi connectivity index (χ4v) is 2.67. The third kappa shape index (κ3) is 3.28. The van der Waals surface area contributed by atoms with Crippen LogP contribution in [-0.2, 0) is 6.54 Å². The number of aromatic nitrogens is 1. The maximum absolute atomic E-state index is 4.36. The van der Waals surface area contributed by atoms with E-state index in [0.717, 1.165) is 17.8 Å². The third-order valence-corrected chi connectivity index (χ3v) is 3.95. The van der Waals surface area contributed by atoms with E-state index in [1.807, 2.05) is 12.3 Å². The van der Waals surface area contributed by atoms with Gasteiger partial charge in [-0.2, -0.15) is 0 Å². The van der Waals surface area contributed by atoms with Crippen LogP contribution in [0.15, 0.2) is 24.4 Å². The van der Waals surface area contributed by atoms with E-state index in [2.05, 4.69) is 37.9 Å². The first kappa shape index (κ1) is 11.1.